The van der Waals surface area contributed by atoms with Gasteiger partial charge in [-0.2, -0.15) is 0 Å². The molecule has 0 aromatic heterocycles. The van der Waals surface area contributed by atoms with Gasteiger partial charge in [0.05, 0.1) is 18.8 Å². The Kier molecular flexibility index (Phi) is 47.9. The zero-order valence-electron chi connectivity index (χ0n) is 39.0. The maximum absolute atomic E-state index is 12.4. The van der Waals surface area contributed by atoms with E-state index in [9.17, 15) is 15.0 Å². The summed E-state index contributed by atoms with van der Waals surface area (Å²) in [5, 5.41) is 23.1. The molecule has 0 aliphatic heterocycles. The smallest absolute Gasteiger partial charge is 0.220 e. The van der Waals surface area contributed by atoms with E-state index >= 15 is 0 Å². The normalized spacial score (nSPS) is 13.6. The maximum atomic E-state index is 12.4. The largest absolute Gasteiger partial charge is 0.394 e. The molecule has 0 aromatic rings. The lowest BCUT2D eigenvalue weighted by atomic mass is 10.0. The molecule has 0 saturated carbocycles. The average Bonchev–Trinajstić information content (AvgIpc) is 3.24. The topological polar surface area (TPSA) is 69.6 Å². The quantitative estimate of drug-likeness (QED) is 0.0423. The van der Waals surface area contributed by atoms with Gasteiger partial charge in [0.25, 0.3) is 0 Å². The molecule has 4 heteroatoms. The van der Waals surface area contributed by atoms with Crippen LogP contribution in [-0.4, -0.2) is 34.9 Å². The number of rotatable bonds is 45. The highest BCUT2D eigenvalue weighted by atomic mass is 16.3. The zero-order chi connectivity index (χ0) is 42.8. The summed E-state index contributed by atoms with van der Waals surface area (Å²) in [6, 6.07) is -0.646. The molecule has 0 saturated heterocycles. The van der Waals surface area contributed by atoms with Crippen molar-refractivity contribution in [1.82, 2.24) is 5.32 Å². The first-order valence-corrected chi connectivity index (χ1v) is 25.3. The Bertz CT molecular complexity index is 1070. The number of aliphatic hydroxyl groups is 2. The monoisotopic (exact) mass is 820 g/mol. The molecular formula is C55H97NO3. The van der Waals surface area contributed by atoms with Gasteiger partial charge in [0.15, 0.2) is 0 Å². The molecule has 0 aliphatic carbocycles. The van der Waals surface area contributed by atoms with Gasteiger partial charge in [-0.05, 0) is 77.0 Å². The second kappa shape index (κ2) is 49.9. The van der Waals surface area contributed by atoms with E-state index in [1.807, 2.05) is 6.08 Å². The molecular weight excluding hydrogens is 723 g/mol. The van der Waals surface area contributed by atoms with Gasteiger partial charge in [0.2, 0.25) is 5.91 Å². The second-order valence-corrected chi connectivity index (χ2v) is 16.8. The van der Waals surface area contributed by atoms with Gasteiger partial charge >= 0.3 is 0 Å². The minimum atomic E-state index is -0.868. The Hall–Kier alpha value is -2.43. The maximum Gasteiger partial charge on any atom is 0.220 e. The van der Waals surface area contributed by atoms with Crippen molar-refractivity contribution < 1.29 is 15.0 Å². The lowest BCUT2D eigenvalue weighted by molar-refractivity contribution is -0.123. The van der Waals surface area contributed by atoms with Crippen molar-refractivity contribution in [3.63, 3.8) is 0 Å². The lowest BCUT2D eigenvalue weighted by Crippen LogP contribution is -2.45. The van der Waals surface area contributed by atoms with Gasteiger partial charge in [-0.3, -0.25) is 4.79 Å². The van der Waals surface area contributed by atoms with Crippen LogP contribution in [0.4, 0.5) is 0 Å². The minimum absolute atomic E-state index is 0.0794. The van der Waals surface area contributed by atoms with E-state index in [4.69, 9.17) is 0 Å². The summed E-state index contributed by atoms with van der Waals surface area (Å²) in [6.45, 7) is 4.19. The van der Waals surface area contributed by atoms with Crippen LogP contribution in [0.5, 0.6) is 0 Å². The number of allylic oxidation sites excluding steroid dienone is 13. The molecule has 2 atom stereocenters. The van der Waals surface area contributed by atoms with Gasteiger partial charge in [-0.15, -0.1) is 0 Å². The first-order chi connectivity index (χ1) is 29.2. The van der Waals surface area contributed by atoms with E-state index in [0.29, 0.717) is 6.42 Å². The Morgan fingerprint density at radius 2 is 0.763 bits per heavy atom. The van der Waals surface area contributed by atoms with Crippen molar-refractivity contribution in [2.75, 3.05) is 6.61 Å². The predicted molar refractivity (Wildman–Crippen MR) is 262 cm³/mol. The van der Waals surface area contributed by atoms with Gasteiger partial charge in [0, 0.05) is 6.42 Å². The second-order valence-electron chi connectivity index (χ2n) is 16.8. The fourth-order valence-electron chi connectivity index (χ4n) is 7.28. The Labute approximate surface area is 367 Å². The van der Waals surface area contributed by atoms with Crippen molar-refractivity contribution in [2.24, 2.45) is 0 Å². The number of unbranched alkanes of at least 4 members (excludes halogenated alkanes) is 26. The fourth-order valence-corrected chi connectivity index (χ4v) is 7.28. The van der Waals surface area contributed by atoms with E-state index in [1.54, 1.807) is 6.08 Å². The number of amides is 1. The van der Waals surface area contributed by atoms with Gasteiger partial charge < -0.3 is 15.5 Å². The first kappa shape index (κ1) is 56.6. The van der Waals surface area contributed by atoms with Crippen LogP contribution in [0.2, 0.25) is 0 Å². The molecule has 59 heavy (non-hydrogen) atoms. The summed E-state index contributed by atoms with van der Waals surface area (Å²) < 4.78 is 0. The van der Waals surface area contributed by atoms with Crippen molar-refractivity contribution in [3.8, 4) is 0 Å². The summed E-state index contributed by atoms with van der Waals surface area (Å²) in [6.07, 6.45) is 72.8. The van der Waals surface area contributed by atoms with Crippen molar-refractivity contribution in [1.29, 1.82) is 0 Å². The summed E-state index contributed by atoms with van der Waals surface area (Å²) in [4.78, 5) is 12.4. The molecule has 0 bridgehead atoms. The third-order valence-corrected chi connectivity index (χ3v) is 11.1. The standard InChI is InChI=1S/C55H97NO3/c1-3-5-7-9-11-13-15-17-19-21-23-25-26-27-28-29-30-31-33-35-37-39-41-43-45-47-49-51-55(59)56-53(52-57)54(58)50-48-46-44-42-40-38-36-34-32-24-22-20-18-16-14-12-10-8-6-4-2/h5,7,11,13,17,19,23,25,27-28,40,42,48,50,53-54,57-58H,3-4,6,8-10,12,14-16,18,20-22,24,26,29-39,41,43-47,49,51-52H2,1-2H3,(H,56,59)/b7-5-,13-11-,19-17-,25-23-,28-27-,42-40+,50-48+. The van der Waals surface area contributed by atoms with Crippen molar-refractivity contribution in [2.45, 2.75) is 251 Å². The fraction of sp³-hybridized carbons (Fsp3) is 0.727. The van der Waals surface area contributed by atoms with Crippen LogP contribution in [0.15, 0.2) is 85.1 Å². The summed E-state index contributed by atoms with van der Waals surface area (Å²) in [5.41, 5.74) is 0. The first-order valence-electron chi connectivity index (χ1n) is 25.3. The van der Waals surface area contributed by atoms with E-state index < -0.39 is 12.1 Å². The Morgan fingerprint density at radius 3 is 1.19 bits per heavy atom. The van der Waals surface area contributed by atoms with Crippen LogP contribution < -0.4 is 5.32 Å². The highest BCUT2D eigenvalue weighted by Gasteiger charge is 2.17. The highest BCUT2D eigenvalue weighted by molar-refractivity contribution is 5.76. The van der Waals surface area contributed by atoms with E-state index in [-0.39, 0.29) is 12.5 Å². The molecule has 0 spiro atoms. The number of nitrogens with one attached hydrogen (secondary N) is 1. The third kappa shape index (κ3) is 46.5. The molecule has 0 aromatic carbocycles. The number of carbonyl (C=O) groups excluding carboxylic acids is 1. The molecule has 0 heterocycles. The molecule has 3 N–H and O–H groups in total. The summed E-state index contributed by atoms with van der Waals surface area (Å²) in [5.74, 6) is -0.0794. The van der Waals surface area contributed by atoms with Gasteiger partial charge in [0.1, 0.15) is 0 Å². The average molecular weight is 820 g/mol. The Morgan fingerprint density at radius 1 is 0.424 bits per heavy atom. The lowest BCUT2D eigenvalue weighted by Gasteiger charge is -2.19. The van der Waals surface area contributed by atoms with Crippen LogP contribution in [-0.2, 0) is 4.79 Å². The molecule has 0 radical (unpaired) electrons. The van der Waals surface area contributed by atoms with Gasteiger partial charge in [-0.1, -0.05) is 240 Å². The van der Waals surface area contributed by atoms with Crippen LogP contribution >= 0.6 is 0 Å². The highest BCUT2D eigenvalue weighted by Crippen LogP contribution is 2.15. The third-order valence-electron chi connectivity index (χ3n) is 11.1. The van der Waals surface area contributed by atoms with E-state index in [2.05, 4.69) is 92.1 Å². The van der Waals surface area contributed by atoms with Gasteiger partial charge in [-0.25, -0.2) is 0 Å². The van der Waals surface area contributed by atoms with Crippen LogP contribution in [0, 0.1) is 0 Å². The molecule has 0 aliphatic rings. The summed E-state index contributed by atoms with van der Waals surface area (Å²) in [7, 11) is 0. The predicted octanol–water partition coefficient (Wildman–Crippen LogP) is 16.4. The van der Waals surface area contributed by atoms with Crippen molar-refractivity contribution in [3.05, 3.63) is 85.1 Å². The van der Waals surface area contributed by atoms with Crippen molar-refractivity contribution >= 4 is 5.91 Å². The number of hydrogen-bond acceptors (Lipinski definition) is 3. The molecule has 340 valence electrons. The summed E-state index contributed by atoms with van der Waals surface area (Å²) >= 11 is 0. The van der Waals surface area contributed by atoms with Crippen LogP contribution in [0.25, 0.3) is 0 Å². The van der Waals surface area contributed by atoms with Crippen LogP contribution in [0.1, 0.15) is 239 Å². The molecule has 2 unspecified atom stereocenters. The minimum Gasteiger partial charge on any atom is -0.394 e. The van der Waals surface area contributed by atoms with Crippen LogP contribution in [0.3, 0.4) is 0 Å². The molecule has 0 rings (SSSR count). The van der Waals surface area contributed by atoms with E-state index in [0.717, 1.165) is 64.2 Å². The molecule has 1 amide bonds. The molecule has 4 nitrogen and oxygen atoms in total. The molecule has 0 fully saturated rings. The number of hydrogen-bond donors (Lipinski definition) is 3. The van der Waals surface area contributed by atoms with E-state index in [1.165, 1.54) is 154 Å². The zero-order valence-corrected chi connectivity index (χ0v) is 39.0. The SMILES string of the molecule is CC/C=C\C/C=C\C/C=C\C/C=C\C/C=C\CCCCCCCCCCCCCC(=O)NC(CO)C(O)/C=C/CC/C=C/CCCCCCCCCCCCCCCC. The number of aliphatic hydroxyl groups excluding tert-OH is 2. The Balaban J connectivity index is 3.60. The number of carbonyl (C=O) groups is 1.